The van der Waals surface area contributed by atoms with Crippen molar-refractivity contribution in [3.05, 3.63) is 45.2 Å². The quantitative estimate of drug-likeness (QED) is 0.644. The summed E-state index contributed by atoms with van der Waals surface area (Å²) in [4.78, 5) is 10.9. The Labute approximate surface area is 99.8 Å². The molecular formula is C11H8BrNO3. The van der Waals surface area contributed by atoms with Gasteiger partial charge in [-0.2, -0.15) is 4.73 Å². The number of carbonyl (C=O) groups is 1. The molecule has 0 saturated carbocycles. The Hall–Kier alpha value is -1.62. The second kappa shape index (κ2) is 3.75. The Balaban J connectivity index is 2.87. The van der Waals surface area contributed by atoms with Gasteiger partial charge in [-0.25, -0.2) is 4.79 Å². The van der Waals surface area contributed by atoms with E-state index in [0.29, 0.717) is 21.1 Å². The van der Waals surface area contributed by atoms with Crippen LogP contribution in [0.4, 0.5) is 0 Å². The highest BCUT2D eigenvalue weighted by molar-refractivity contribution is 9.10. The van der Waals surface area contributed by atoms with Crippen molar-refractivity contribution in [1.82, 2.24) is 0 Å². The fraction of sp³-hybridized carbons (Fsp3) is 0.0909. The topological polar surface area (TPSA) is 64.2 Å². The first-order chi connectivity index (χ1) is 7.52. The third kappa shape index (κ3) is 1.53. The van der Waals surface area contributed by atoms with Crippen LogP contribution in [0, 0.1) is 12.1 Å². The van der Waals surface area contributed by atoms with Crippen molar-refractivity contribution in [2.24, 2.45) is 0 Å². The lowest BCUT2D eigenvalue weighted by Crippen LogP contribution is -2.30. The summed E-state index contributed by atoms with van der Waals surface area (Å²) in [6.07, 6.45) is 0. The smallest absolute Gasteiger partial charge is 0.336 e. The van der Waals surface area contributed by atoms with E-state index in [1.54, 1.807) is 19.1 Å². The molecule has 0 aliphatic rings. The predicted molar refractivity (Wildman–Crippen MR) is 62.3 cm³/mol. The Morgan fingerprint density at radius 2 is 2.06 bits per heavy atom. The van der Waals surface area contributed by atoms with Crippen molar-refractivity contribution >= 4 is 32.8 Å². The van der Waals surface area contributed by atoms with Gasteiger partial charge in [0.2, 0.25) is 5.52 Å². The monoisotopic (exact) mass is 281 g/mol. The summed E-state index contributed by atoms with van der Waals surface area (Å²) in [5.41, 5.74) is 1.18. The number of aryl methyl sites for hydroxylation is 1. The molecule has 0 saturated heterocycles. The number of aromatic carboxylic acids is 1. The molecule has 1 aromatic carbocycles. The van der Waals surface area contributed by atoms with E-state index in [9.17, 15) is 10.0 Å². The Kier molecular flexibility index (Phi) is 2.55. The van der Waals surface area contributed by atoms with Crippen molar-refractivity contribution in [3.8, 4) is 0 Å². The van der Waals surface area contributed by atoms with Crippen LogP contribution in [-0.4, -0.2) is 11.1 Å². The van der Waals surface area contributed by atoms with E-state index in [4.69, 9.17) is 5.11 Å². The molecule has 1 aromatic heterocycles. The van der Waals surface area contributed by atoms with Crippen LogP contribution in [0.2, 0.25) is 0 Å². The van der Waals surface area contributed by atoms with E-state index in [-0.39, 0.29) is 5.56 Å². The number of carboxylic acids is 1. The minimum absolute atomic E-state index is 0.149. The number of rotatable bonds is 1. The van der Waals surface area contributed by atoms with Gasteiger partial charge in [-0.1, -0.05) is 0 Å². The molecule has 0 aliphatic heterocycles. The molecular weight excluding hydrogens is 274 g/mol. The molecule has 0 atom stereocenters. The number of hydrogen-bond acceptors (Lipinski definition) is 2. The molecule has 2 aromatic rings. The first kappa shape index (κ1) is 10.9. The fourth-order valence-corrected chi connectivity index (χ4v) is 2.18. The molecule has 0 fully saturated rings. The van der Waals surface area contributed by atoms with E-state index in [1.165, 1.54) is 12.1 Å². The van der Waals surface area contributed by atoms with Gasteiger partial charge in [0.25, 0.3) is 0 Å². The second-order valence-electron chi connectivity index (χ2n) is 3.43. The predicted octanol–water partition coefficient (Wildman–Crippen LogP) is 2.24. The summed E-state index contributed by atoms with van der Waals surface area (Å²) in [7, 11) is 0. The van der Waals surface area contributed by atoms with Gasteiger partial charge in [0.15, 0.2) is 5.69 Å². The summed E-state index contributed by atoms with van der Waals surface area (Å²) in [6, 6.07) is 6.33. The maximum atomic E-state index is 11.7. The normalized spacial score (nSPS) is 10.6. The third-order valence-corrected chi connectivity index (χ3v) is 3.27. The molecule has 0 unspecified atom stereocenters. The molecule has 5 heteroatoms. The largest absolute Gasteiger partial charge is 0.618 e. The van der Waals surface area contributed by atoms with Crippen LogP contribution in [0.5, 0.6) is 0 Å². The highest BCUT2D eigenvalue weighted by Gasteiger charge is 2.15. The summed E-state index contributed by atoms with van der Waals surface area (Å²) in [6.45, 7) is 1.70. The number of aromatic nitrogens is 1. The number of halogens is 1. The van der Waals surface area contributed by atoms with Gasteiger partial charge in [-0.15, -0.1) is 0 Å². The molecule has 82 valence electrons. The van der Waals surface area contributed by atoms with Crippen LogP contribution in [0.15, 0.2) is 28.7 Å². The Morgan fingerprint density at radius 3 is 2.69 bits per heavy atom. The fourth-order valence-electron chi connectivity index (χ4n) is 1.55. The van der Waals surface area contributed by atoms with Gasteiger partial charge in [0.1, 0.15) is 0 Å². The van der Waals surface area contributed by atoms with Crippen molar-refractivity contribution < 1.29 is 14.6 Å². The third-order valence-electron chi connectivity index (χ3n) is 2.42. The van der Waals surface area contributed by atoms with Gasteiger partial charge >= 0.3 is 5.97 Å². The SMILES string of the molecule is Cc1ccc2c(Br)c(C(=O)O)ccc2[n+]1[O-]. The summed E-state index contributed by atoms with van der Waals surface area (Å²) in [5, 5.41) is 21.2. The standard InChI is InChI=1S/C11H8BrNO3/c1-6-2-3-7-9(13(6)16)5-4-8(10(7)12)11(14)15/h2-5H,1H3,(H,14,15). The van der Waals surface area contributed by atoms with E-state index in [0.717, 1.165) is 4.73 Å². The number of carboxylic acid groups (broad SMARTS) is 1. The molecule has 0 spiro atoms. The molecule has 1 N–H and O–H groups in total. The lowest BCUT2D eigenvalue weighted by molar-refractivity contribution is -0.584. The van der Waals surface area contributed by atoms with Gasteiger partial charge < -0.3 is 10.3 Å². The molecule has 0 bridgehead atoms. The first-order valence-electron chi connectivity index (χ1n) is 4.57. The number of benzene rings is 1. The number of nitrogens with zero attached hydrogens (tertiary/aromatic N) is 1. The number of pyridine rings is 1. The molecule has 0 radical (unpaired) electrons. The van der Waals surface area contributed by atoms with Crippen molar-refractivity contribution in [2.45, 2.75) is 6.92 Å². The summed E-state index contributed by atoms with van der Waals surface area (Å²) >= 11 is 3.21. The molecule has 1 heterocycles. The molecule has 2 rings (SSSR count). The molecule has 16 heavy (non-hydrogen) atoms. The van der Waals surface area contributed by atoms with E-state index in [2.05, 4.69) is 15.9 Å². The second-order valence-corrected chi connectivity index (χ2v) is 4.23. The number of hydrogen-bond donors (Lipinski definition) is 1. The molecule has 0 amide bonds. The minimum atomic E-state index is -1.02. The van der Waals surface area contributed by atoms with Crippen molar-refractivity contribution in [2.75, 3.05) is 0 Å². The van der Waals surface area contributed by atoms with Gasteiger partial charge in [0, 0.05) is 23.5 Å². The lowest BCUT2D eigenvalue weighted by atomic mass is 10.1. The van der Waals surface area contributed by atoms with E-state index in [1.807, 2.05) is 0 Å². The van der Waals surface area contributed by atoms with Crippen LogP contribution in [-0.2, 0) is 0 Å². The maximum Gasteiger partial charge on any atom is 0.336 e. The number of fused-ring (bicyclic) bond motifs is 1. The average molecular weight is 282 g/mol. The highest BCUT2D eigenvalue weighted by Crippen LogP contribution is 2.26. The molecule has 4 nitrogen and oxygen atoms in total. The zero-order valence-electron chi connectivity index (χ0n) is 8.40. The zero-order valence-corrected chi connectivity index (χ0v) is 9.98. The Morgan fingerprint density at radius 1 is 1.38 bits per heavy atom. The minimum Gasteiger partial charge on any atom is -0.618 e. The Bertz CT molecular complexity index is 595. The van der Waals surface area contributed by atoms with Gasteiger partial charge in [0.05, 0.1) is 10.9 Å². The van der Waals surface area contributed by atoms with Crippen molar-refractivity contribution in [1.29, 1.82) is 0 Å². The summed E-state index contributed by atoms with van der Waals surface area (Å²) < 4.78 is 1.22. The highest BCUT2D eigenvalue weighted by atomic mass is 79.9. The van der Waals surface area contributed by atoms with E-state index >= 15 is 0 Å². The van der Waals surface area contributed by atoms with Crippen LogP contribution in [0.1, 0.15) is 16.1 Å². The van der Waals surface area contributed by atoms with Crippen LogP contribution < -0.4 is 4.73 Å². The maximum absolute atomic E-state index is 11.7. The van der Waals surface area contributed by atoms with Gasteiger partial charge in [-0.05, 0) is 28.1 Å². The zero-order chi connectivity index (χ0) is 11.9. The first-order valence-corrected chi connectivity index (χ1v) is 5.36. The van der Waals surface area contributed by atoms with Crippen LogP contribution in [0.25, 0.3) is 10.9 Å². The lowest BCUT2D eigenvalue weighted by Gasteiger charge is -2.07. The average Bonchev–Trinajstić information content (AvgIpc) is 2.23. The summed E-state index contributed by atoms with van der Waals surface area (Å²) in [5.74, 6) is -1.02. The van der Waals surface area contributed by atoms with Crippen molar-refractivity contribution in [3.63, 3.8) is 0 Å². The van der Waals surface area contributed by atoms with Crippen LogP contribution >= 0.6 is 15.9 Å². The van der Waals surface area contributed by atoms with Crippen LogP contribution in [0.3, 0.4) is 0 Å². The molecule has 0 aliphatic carbocycles. The van der Waals surface area contributed by atoms with E-state index < -0.39 is 5.97 Å². The van der Waals surface area contributed by atoms with Gasteiger partial charge in [-0.3, -0.25) is 0 Å².